The zero-order valence-electron chi connectivity index (χ0n) is 11.1. The van der Waals surface area contributed by atoms with E-state index in [1.54, 1.807) is 12.1 Å². The molecule has 0 saturated carbocycles. The third-order valence-corrected chi connectivity index (χ3v) is 4.16. The average Bonchev–Trinajstić information content (AvgIpc) is 3.08. The van der Waals surface area contributed by atoms with E-state index in [-0.39, 0.29) is 11.9 Å². The van der Waals surface area contributed by atoms with Crippen molar-refractivity contribution in [2.75, 3.05) is 6.54 Å². The minimum absolute atomic E-state index is 0.00543. The lowest BCUT2D eigenvalue weighted by Gasteiger charge is -2.23. The second-order valence-corrected chi connectivity index (χ2v) is 5.87. The van der Waals surface area contributed by atoms with Gasteiger partial charge in [0.15, 0.2) is 10.4 Å². The van der Waals surface area contributed by atoms with Crippen molar-refractivity contribution in [2.24, 2.45) is 0 Å². The number of halogens is 1. The predicted molar refractivity (Wildman–Crippen MR) is 80.6 cm³/mol. The fourth-order valence-electron chi connectivity index (χ4n) is 2.77. The number of hydrogen-bond acceptors (Lipinski definition) is 2. The van der Waals surface area contributed by atoms with Crippen LogP contribution in [0, 0.1) is 0 Å². The normalized spacial score (nSPS) is 18.4. The van der Waals surface area contributed by atoms with Gasteiger partial charge in [-0.1, -0.05) is 30.3 Å². The summed E-state index contributed by atoms with van der Waals surface area (Å²) in [5.41, 5.74) is 1.28. The maximum atomic E-state index is 12.5. The number of carbonyl (C=O) groups excluding carboxylic acids is 1. The SMILES string of the molecule is O=C(c1ccc(Br)o1)N1CCCC1Cc1ccccc1. The molecule has 0 spiro atoms. The predicted octanol–water partition coefficient (Wildman–Crippen LogP) is 3.89. The number of likely N-dealkylation sites (tertiary alicyclic amines) is 1. The fourth-order valence-corrected chi connectivity index (χ4v) is 3.08. The molecule has 20 heavy (non-hydrogen) atoms. The quantitative estimate of drug-likeness (QED) is 0.853. The summed E-state index contributed by atoms with van der Waals surface area (Å²) in [6, 6.07) is 14.1. The van der Waals surface area contributed by atoms with Crippen LogP contribution in [-0.4, -0.2) is 23.4 Å². The van der Waals surface area contributed by atoms with E-state index in [0.29, 0.717) is 10.4 Å². The van der Waals surface area contributed by atoms with Crippen LogP contribution in [0.5, 0.6) is 0 Å². The summed E-state index contributed by atoms with van der Waals surface area (Å²) in [5, 5.41) is 0. The van der Waals surface area contributed by atoms with Gasteiger partial charge in [-0.05, 0) is 52.9 Å². The van der Waals surface area contributed by atoms with Crippen LogP contribution < -0.4 is 0 Å². The second kappa shape index (κ2) is 5.83. The summed E-state index contributed by atoms with van der Waals surface area (Å²) in [5.74, 6) is 0.408. The minimum atomic E-state index is -0.00543. The van der Waals surface area contributed by atoms with Crippen LogP contribution in [0.25, 0.3) is 0 Å². The lowest BCUT2D eigenvalue weighted by atomic mass is 10.0. The van der Waals surface area contributed by atoms with Gasteiger partial charge in [0.05, 0.1) is 0 Å². The Bertz CT molecular complexity index is 594. The molecule has 0 aliphatic carbocycles. The largest absolute Gasteiger partial charge is 0.444 e. The minimum Gasteiger partial charge on any atom is -0.444 e. The van der Waals surface area contributed by atoms with Gasteiger partial charge in [0.1, 0.15) is 0 Å². The summed E-state index contributed by atoms with van der Waals surface area (Å²) in [6.45, 7) is 0.814. The van der Waals surface area contributed by atoms with Gasteiger partial charge in [-0.2, -0.15) is 0 Å². The maximum absolute atomic E-state index is 12.5. The first-order valence-electron chi connectivity index (χ1n) is 6.84. The monoisotopic (exact) mass is 333 g/mol. The van der Waals surface area contributed by atoms with Crippen molar-refractivity contribution in [1.82, 2.24) is 4.90 Å². The topological polar surface area (TPSA) is 33.5 Å². The maximum Gasteiger partial charge on any atom is 0.289 e. The van der Waals surface area contributed by atoms with Crippen molar-refractivity contribution in [3.63, 3.8) is 0 Å². The van der Waals surface area contributed by atoms with Gasteiger partial charge in [0, 0.05) is 12.6 Å². The zero-order chi connectivity index (χ0) is 13.9. The molecule has 0 bridgehead atoms. The van der Waals surface area contributed by atoms with Crippen molar-refractivity contribution in [2.45, 2.75) is 25.3 Å². The zero-order valence-corrected chi connectivity index (χ0v) is 12.7. The highest BCUT2D eigenvalue weighted by molar-refractivity contribution is 9.10. The number of nitrogens with zero attached hydrogens (tertiary/aromatic N) is 1. The van der Waals surface area contributed by atoms with Crippen LogP contribution >= 0.6 is 15.9 Å². The first-order chi connectivity index (χ1) is 9.74. The molecule has 0 radical (unpaired) electrons. The van der Waals surface area contributed by atoms with Crippen LogP contribution in [0.15, 0.2) is 51.6 Å². The van der Waals surface area contributed by atoms with Gasteiger partial charge < -0.3 is 9.32 Å². The Kier molecular flexibility index (Phi) is 3.92. The molecule has 3 nitrogen and oxygen atoms in total. The van der Waals surface area contributed by atoms with Crippen LogP contribution in [0.4, 0.5) is 0 Å². The van der Waals surface area contributed by atoms with Gasteiger partial charge in [-0.25, -0.2) is 0 Å². The van der Waals surface area contributed by atoms with Gasteiger partial charge >= 0.3 is 0 Å². The summed E-state index contributed by atoms with van der Waals surface area (Å²) in [6.07, 6.45) is 3.03. The van der Waals surface area contributed by atoms with Crippen LogP contribution in [0.2, 0.25) is 0 Å². The molecule has 1 unspecified atom stereocenters. The van der Waals surface area contributed by atoms with E-state index >= 15 is 0 Å². The molecule has 1 aliphatic heterocycles. The van der Waals surface area contributed by atoms with Gasteiger partial charge in [-0.15, -0.1) is 0 Å². The Morgan fingerprint density at radius 2 is 2.05 bits per heavy atom. The first kappa shape index (κ1) is 13.4. The van der Waals surface area contributed by atoms with E-state index in [4.69, 9.17) is 4.42 Å². The standard InChI is InChI=1S/C16H16BrNO2/c17-15-9-8-14(20-15)16(19)18-10-4-7-13(18)11-12-5-2-1-3-6-12/h1-3,5-6,8-9,13H,4,7,10-11H2. The van der Waals surface area contributed by atoms with Gasteiger partial charge in [-0.3, -0.25) is 4.79 Å². The Hall–Kier alpha value is -1.55. The number of carbonyl (C=O) groups is 1. The Balaban J connectivity index is 1.74. The molecule has 1 fully saturated rings. The molecular weight excluding hydrogens is 318 g/mol. The number of benzene rings is 1. The number of amides is 1. The molecule has 104 valence electrons. The molecule has 2 aromatic rings. The fraction of sp³-hybridized carbons (Fsp3) is 0.312. The number of rotatable bonds is 3. The van der Waals surface area contributed by atoms with Crippen molar-refractivity contribution in [1.29, 1.82) is 0 Å². The van der Waals surface area contributed by atoms with Gasteiger partial charge in [0.25, 0.3) is 5.91 Å². The molecule has 0 N–H and O–H groups in total. The highest BCUT2D eigenvalue weighted by atomic mass is 79.9. The van der Waals surface area contributed by atoms with Crippen molar-refractivity contribution in [3.8, 4) is 0 Å². The van der Waals surface area contributed by atoms with E-state index in [2.05, 4.69) is 28.1 Å². The van der Waals surface area contributed by atoms with Crippen LogP contribution in [0.1, 0.15) is 29.0 Å². The molecule has 1 amide bonds. The van der Waals surface area contributed by atoms with Crippen molar-refractivity contribution in [3.05, 3.63) is 58.5 Å². The lowest BCUT2D eigenvalue weighted by Crippen LogP contribution is -2.36. The molecule has 1 atom stereocenters. The van der Waals surface area contributed by atoms with Gasteiger partial charge in [0.2, 0.25) is 0 Å². The first-order valence-corrected chi connectivity index (χ1v) is 7.63. The Morgan fingerprint density at radius 1 is 1.25 bits per heavy atom. The van der Waals surface area contributed by atoms with Crippen LogP contribution in [-0.2, 0) is 6.42 Å². The third kappa shape index (κ3) is 2.80. The molecule has 3 rings (SSSR count). The molecule has 1 aliphatic rings. The lowest BCUT2D eigenvalue weighted by molar-refractivity contribution is 0.0703. The van der Waals surface area contributed by atoms with Crippen LogP contribution in [0.3, 0.4) is 0 Å². The van der Waals surface area contributed by atoms with E-state index in [1.165, 1.54) is 5.56 Å². The molecule has 1 aromatic heterocycles. The van der Waals surface area contributed by atoms with E-state index in [0.717, 1.165) is 25.8 Å². The molecule has 4 heteroatoms. The molecule has 2 heterocycles. The Labute approximate surface area is 126 Å². The Morgan fingerprint density at radius 3 is 2.75 bits per heavy atom. The summed E-state index contributed by atoms with van der Waals surface area (Å²) in [7, 11) is 0. The van der Waals surface area contributed by atoms with E-state index in [9.17, 15) is 4.79 Å². The highest BCUT2D eigenvalue weighted by Gasteiger charge is 2.30. The van der Waals surface area contributed by atoms with E-state index < -0.39 is 0 Å². The molecular formula is C16H16BrNO2. The highest BCUT2D eigenvalue weighted by Crippen LogP contribution is 2.24. The average molecular weight is 334 g/mol. The second-order valence-electron chi connectivity index (χ2n) is 5.09. The third-order valence-electron chi connectivity index (χ3n) is 3.74. The van der Waals surface area contributed by atoms with E-state index in [1.807, 2.05) is 23.1 Å². The smallest absolute Gasteiger partial charge is 0.289 e. The number of hydrogen-bond donors (Lipinski definition) is 0. The summed E-state index contributed by atoms with van der Waals surface area (Å²) >= 11 is 3.24. The van der Waals surface area contributed by atoms with Crippen molar-refractivity contribution >= 4 is 21.8 Å². The molecule has 1 aromatic carbocycles. The summed E-state index contributed by atoms with van der Waals surface area (Å²) < 4.78 is 5.98. The van der Waals surface area contributed by atoms with Crippen molar-refractivity contribution < 1.29 is 9.21 Å². The number of furan rings is 1. The summed E-state index contributed by atoms with van der Waals surface area (Å²) in [4.78, 5) is 14.4. The molecule has 1 saturated heterocycles.